The molecule has 0 fully saturated rings. The molecule has 2 aromatic carbocycles. The van der Waals surface area contributed by atoms with Crippen LogP contribution in [-0.4, -0.2) is 31.0 Å². The smallest absolute Gasteiger partial charge is 0.260 e. The molecule has 0 spiro atoms. The van der Waals surface area contributed by atoms with E-state index in [0.717, 1.165) is 5.01 Å². The minimum atomic E-state index is -0.651. The minimum Gasteiger partial charge on any atom is -0.497 e. The second kappa shape index (κ2) is 7.01. The first-order valence-corrected chi connectivity index (χ1v) is 8.49. The Morgan fingerprint density at radius 3 is 2.58 bits per heavy atom. The summed E-state index contributed by atoms with van der Waals surface area (Å²) in [5, 5.41) is 3.57. The van der Waals surface area contributed by atoms with Gasteiger partial charge in [0.05, 0.1) is 40.7 Å². The van der Waals surface area contributed by atoms with E-state index in [4.69, 9.17) is 15.2 Å². The van der Waals surface area contributed by atoms with Crippen molar-refractivity contribution in [2.45, 2.75) is 6.92 Å². The molecular weight excluding hydrogens is 354 g/mol. The summed E-state index contributed by atoms with van der Waals surface area (Å²) in [6.07, 6.45) is 0. The number of ether oxygens (including phenoxy) is 2. The monoisotopic (exact) mass is 371 g/mol. The number of amides is 2. The van der Waals surface area contributed by atoms with Crippen LogP contribution in [0.3, 0.4) is 0 Å². The number of rotatable bonds is 5. The number of nitrogens with two attached hydrogens (primary N) is 1. The van der Waals surface area contributed by atoms with Gasteiger partial charge in [-0.2, -0.15) is 0 Å². The summed E-state index contributed by atoms with van der Waals surface area (Å²) >= 11 is 1.40. The fourth-order valence-corrected chi connectivity index (χ4v) is 3.58. The highest BCUT2D eigenvalue weighted by atomic mass is 32.1. The SMILES string of the molecule is COc1ccc(C(N)=O)c(NC(=O)c2c(OC)ccc3nc(C)sc23)c1. The number of aromatic nitrogens is 1. The van der Waals surface area contributed by atoms with Gasteiger partial charge in [0.25, 0.3) is 11.8 Å². The largest absolute Gasteiger partial charge is 0.497 e. The molecule has 0 radical (unpaired) electrons. The Hall–Kier alpha value is -3.13. The van der Waals surface area contributed by atoms with E-state index in [9.17, 15) is 9.59 Å². The molecule has 2 amide bonds. The molecule has 0 unspecified atom stereocenters. The third kappa shape index (κ3) is 3.18. The summed E-state index contributed by atoms with van der Waals surface area (Å²) in [6.45, 7) is 1.87. The first-order chi connectivity index (χ1) is 12.4. The van der Waals surface area contributed by atoms with E-state index in [1.54, 1.807) is 24.3 Å². The Labute approximate surface area is 153 Å². The zero-order chi connectivity index (χ0) is 18.8. The second-order valence-corrected chi connectivity index (χ2v) is 6.66. The van der Waals surface area contributed by atoms with Gasteiger partial charge in [-0.05, 0) is 31.2 Å². The maximum absolute atomic E-state index is 13.0. The number of hydrogen-bond donors (Lipinski definition) is 2. The number of methoxy groups -OCH3 is 2. The number of hydrogen-bond acceptors (Lipinski definition) is 6. The van der Waals surface area contributed by atoms with Gasteiger partial charge in [-0.25, -0.2) is 4.98 Å². The molecule has 26 heavy (non-hydrogen) atoms. The van der Waals surface area contributed by atoms with E-state index in [1.165, 1.54) is 31.6 Å². The van der Waals surface area contributed by atoms with Gasteiger partial charge >= 0.3 is 0 Å². The number of fused-ring (bicyclic) bond motifs is 1. The highest BCUT2D eigenvalue weighted by Crippen LogP contribution is 2.33. The van der Waals surface area contributed by atoms with Crippen molar-refractivity contribution in [3.05, 3.63) is 46.5 Å². The van der Waals surface area contributed by atoms with Crippen molar-refractivity contribution in [3.8, 4) is 11.5 Å². The lowest BCUT2D eigenvalue weighted by atomic mass is 10.1. The zero-order valence-corrected chi connectivity index (χ0v) is 15.3. The number of primary amides is 1. The van der Waals surface area contributed by atoms with Gasteiger partial charge in [-0.1, -0.05) is 0 Å². The molecule has 0 aliphatic heterocycles. The van der Waals surface area contributed by atoms with Crippen LogP contribution in [0.25, 0.3) is 10.2 Å². The lowest BCUT2D eigenvalue weighted by Gasteiger charge is -2.13. The highest BCUT2D eigenvalue weighted by molar-refractivity contribution is 7.19. The van der Waals surface area contributed by atoms with E-state index in [0.29, 0.717) is 27.3 Å². The zero-order valence-electron chi connectivity index (χ0n) is 14.5. The number of nitrogens with one attached hydrogen (secondary N) is 1. The molecule has 3 N–H and O–H groups in total. The van der Waals surface area contributed by atoms with E-state index in [2.05, 4.69) is 10.3 Å². The fraction of sp³-hybridized carbons (Fsp3) is 0.167. The number of thiazole rings is 1. The lowest BCUT2D eigenvalue weighted by Crippen LogP contribution is -2.19. The van der Waals surface area contributed by atoms with Crippen LogP contribution in [-0.2, 0) is 0 Å². The number of benzene rings is 2. The van der Waals surface area contributed by atoms with Crippen LogP contribution in [0.5, 0.6) is 11.5 Å². The van der Waals surface area contributed by atoms with Crippen LogP contribution >= 0.6 is 11.3 Å². The number of aryl methyl sites for hydroxylation is 1. The lowest BCUT2D eigenvalue weighted by molar-refractivity contribution is 0.100. The number of nitrogens with zero attached hydrogens (tertiary/aromatic N) is 1. The molecule has 1 heterocycles. The third-order valence-electron chi connectivity index (χ3n) is 3.81. The fourth-order valence-electron chi connectivity index (χ4n) is 2.62. The highest BCUT2D eigenvalue weighted by Gasteiger charge is 2.21. The summed E-state index contributed by atoms with van der Waals surface area (Å²) < 4.78 is 11.2. The van der Waals surface area contributed by atoms with Crippen molar-refractivity contribution in [1.29, 1.82) is 0 Å². The molecule has 1 aromatic heterocycles. The topological polar surface area (TPSA) is 104 Å². The molecule has 7 nitrogen and oxygen atoms in total. The molecule has 0 atom stereocenters. The predicted molar refractivity (Wildman–Crippen MR) is 100 cm³/mol. The van der Waals surface area contributed by atoms with Crippen molar-refractivity contribution in [2.75, 3.05) is 19.5 Å². The summed E-state index contributed by atoms with van der Waals surface area (Å²) in [5.74, 6) is -0.167. The minimum absolute atomic E-state index is 0.186. The van der Waals surface area contributed by atoms with Gasteiger partial charge in [0.2, 0.25) is 0 Å². The predicted octanol–water partition coefficient (Wildman–Crippen LogP) is 2.97. The van der Waals surface area contributed by atoms with Crippen molar-refractivity contribution < 1.29 is 19.1 Å². The Morgan fingerprint density at radius 1 is 1.15 bits per heavy atom. The van der Waals surface area contributed by atoms with Crippen LogP contribution in [0.4, 0.5) is 5.69 Å². The van der Waals surface area contributed by atoms with E-state index in [1.807, 2.05) is 6.92 Å². The van der Waals surface area contributed by atoms with Gasteiger partial charge in [-0.15, -0.1) is 11.3 Å². The Morgan fingerprint density at radius 2 is 1.92 bits per heavy atom. The summed E-state index contributed by atoms with van der Waals surface area (Å²) in [6, 6.07) is 8.14. The van der Waals surface area contributed by atoms with Gasteiger partial charge in [0.1, 0.15) is 17.1 Å². The molecule has 3 aromatic rings. The molecule has 0 aliphatic rings. The van der Waals surface area contributed by atoms with E-state index >= 15 is 0 Å². The van der Waals surface area contributed by atoms with Crippen LogP contribution in [0.1, 0.15) is 25.7 Å². The number of carbonyl (C=O) groups is 2. The Kier molecular flexibility index (Phi) is 4.77. The maximum atomic E-state index is 13.0. The summed E-state index contributed by atoms with van der Waals surface area (Å²) in [7, 11) is 2.99. The summed E-state index contributed by atoms with van der Waals surface area (Å²) in [4.78, 5) is 29.1. The van der Waals surface area contributed by atoms with Gasteiger partial charge in [0.15, 0.2) is 0 Å². The maximum Gasteiger partial charge on any atom is 0.260 e. The average molecular weight is 371 g/mol. The average Bonchev–Trinajstić information content (AvgIpc) is 3.00. The molecular formula is C18H17N3O4S. The van der Waals surface area contributed by atoms with Crippen molar-refractivity contribution in [1.82, 2.24) is 4.98 Å². The van der Waals surface area contributed by atoms with Crippen LogP contribution in [0.15, 0.2) is 30.3 Å². The molecule has 0 saturated carbocycles. The molecule has 0 saturated heterocycles. The van der Waals surface area contributed by atoms with Crippen LogP contribution in [0, 0.1) is 6.92 Å². The van der Waals surface area contributed by atoms with Crippen LogP contribution < -0.4 is 20.5 Å². The van der Waals surface area contributed by atoms with E-state index < -0.39 is 11.8 Å². The Balaban J connectivity index is 2.09. The standard InChI is InChI=1S/C18H17N3O4S/c1-9-20-12-6-7-14(25-3)15(16(12)26-9)18(23)21-13-8-10(24-2)4-5-11(13)17(19)22/h4-8H,1-3H3,(H2,19,22)(H,21,23). The molecule has 3 rings (SSSR count). The van der Waals surface area contributed by atoms with Crippen LogP contribution in [0.2, 0.25) is 0 Å². The third-order valence-corrected chi connectivity index (χ3v) is 4.82. The number of carbonyl (C=O) groups excluding carboxylic acids is 2. The number of anilines is 1. The Bertz CT molecular complexity index is 1010. The van der Waals surface area contributed by atoms with Gasteiger partial charge in [-0.3, -0.25) is 9.59 Å². The quantitative estimate of drug-likeness (QED) is 0.718. The molecule has 134 valence electrons. The van der Waals surface area contributed by atoms with Crippen molar-refractivity contribution >= 4 is 39.1 Å². The van der Waals surface area contributed by atoms with E-state index in [-0.39, 0.29) is 11.3 Å². The molecule has 0 bridgehead atoms. The van der Waals surface area contributed by atoms with Gasteiger partial charge < -0.3 is 20.5 Å². The molecule has 0 aliphatic carbocycles. The molecule has 8 heteroatoms. The first-order valence-electron chi connectivity index (χ1n) is 7.68. The first kappa shape index (κ1) is 17.7. The van der Waals surface area contributed by atoms with Crippen molar-refractivity contribution in [2.24, 2.45) is 5.73 Å². The second-order valence-electron chi connectivity index (χ2n) is 5.45. The van der Waals surface area contributed by atoms with Crippen molar-refractivity contribution in [3.63, 3.8) is 0 Å². The van der Waals surface area contributed by atoms with Gasteiger partial charge in [0, 0.05) is 6.07 Å². The summed E-state index contributed by atoms with van der Waals surface area (Å²) in [5.41, 5.74) is 6.92. The normalized spacial score (nSPS) is 10.6.